The Morgan fingerprint density at radius 2 is 1.59 bits per heavy atom. The molecule has 180 valence electrons. The molecule has 0 aromatic heterocycles. The molecule has 2 aromatic rings. The number of rotatable bonds is 9. The van der Waals surface area contributed by atoms with Crippen LogP contribution in [0.15, 0.2) is 48.5 Å². The summed E-state index contributed by atoms with van der Waals surface area (Å²) in [5, 5.41) is 14.4. The summed E-state index contributed by atoms with van der Waals surface area (Å²) in [7, 11) is 0. The summed E-state index contributed by atoms with van der Waals surface area (Å²) in [4.78, 5) is 38.7. The fourth-order valence-corrected chi connectivity index (χ4v) is 4.81. The van der Waals surface area contributed by atoms with E-state index in [1.165, 1.54) is 6.42 Å². The number of hydrogen-bond acceptors (Lipinski definition) is 5. The first-order valence-corrected chi connectivity index (χ1v) is 11.9. The van der Waals surface area contributed by atoms with Crippen molar-refractivity contribution in [2.45, 2.75) is 37.6 Å². The first-order valence-electron chi connectivity index (χ1n) is 11.9. The molecule has 8 heteroatoms. The van der Waals surface area contributed by atoms with Crippen LogP contribution in [-0.4, -0.2) is 66.8 Å². The lowest BCUT2D eigenvalue weighted by molar-refractivity contribution is -0.139. The smallest absolute Gasteiger partial charge is 0.407 e. The van der Waals surface area contributed by atoms with Crippen molar-refractivity contribution >= 4 is 18.0 Å². The van der Waals surface area contributed by atoms with Gasteiger partial charge in [-0.25, -0.2) is 4.79 Å². The van der Waals surface area contributed by atoms with Gasteiger partial charge >= 0.3 is 12.1 Å². The summed E-state index contributed by atoms with van der Waals surface area (Å²) >= 11 is 0. The predicted octanol–water partition coefficient (Wildman–Crippen LogP) is 2.97. The number of alkyl carbamates (subject to hydrolysis) is 1. The highest BCUT2D eigenvalue weighted by Crippen LogP contribution is 2.44. The van der Waals surface area contributed by atoms with E-state index in [0.29, 0.717) is 13.1 Å². The van der Waals surface area contributed by atoms with Gasteiger partial charge in [0.2, 0.25) is 5.91 Å². The van der Waals surface area contributed by atoms with Crippen molar-refractivity contribution in [2.24, 2.45) is 0 Å². The standard InChI is InChI=1S/C26H31N3O5/c30-24(31)16-23(25(32)27-12-15-29-13-6-1-7-14-29)28-26(33)34-17-22-20-10-4-2-8-18(20)19-9-3-5-11-21(19)22/h2-5,8-11,22-23H,1,6-7,12-17H2,(H,27,32)(H,28,33)(H,30,31). The number of carbonyl (C=O) groups is 3. The fourth-order valence-electron chi connectivity index (χ4n) is 4.81. The first kappa shape index (κ1) is 23.8. The van der Waals surface area contributed by atoms with Gasteiger partial charge in [-0.2, -0.15) is 0 Å². The van der Waals surface area contributed by atoms with E-state index >= 15 is 0 Å². The maximum Gasteiger partial charge on any atom is 0.407 e. The molecule has 0 spiro atoms. The number of benzene rings is 2. The third-order valence-electron chi connectivity index (χ3n) is 6.51. The van der Waals surface area contributed by atoms with Crippen LogP contribution in [-0.2, 0) is 14.3 Å². The Labute approximate surface area is 199 Å². The summed E-state index contributed by atoms with van der Waals surface area (Å²) in [5.74, 6) is -1.81. The van der Waals surface area contributed by atoms with E-state index in [0.717, 1.165) is 48.2 Å². The van der Waals surface area contributed by atoms with Crippen LogP contribution in [0, 0.1) is 0 Å². The lowest BCUT2D eigenvalue weighted by Gasteiger charge is -2.26. The number of amides is 2. The van der Waals surface area contributed by atoms with E-state index < -0.39 is 30.4 Å². The number of nitrogens with one attached hydrogen (secondary N) is 2. The number of likely N-dealkylation sites (tertiary alicyclic amines) is 1. The summed E-state index contributed by atoms with van der Waals surface area (Å²) in [5.41, 5.74) is 4.39. The maximum absolute atomic E-state index is 12.6. The molecular formula is C26H31N3O5. The van der Waals surface area contributed by atoms with Gasteiger partial charge in [0.05, 0.1) is 6.42 Å². The number of aliphatic carboxylic acids is 1. The third-order valence-corrected chi connectivity index (χ3v) is 6.51. The predicted molar refractivity (Wildman–Crippen MR) is 128 cm³/mol. The average molecular weight is 466 g/mol. The highest BCUT2D eigenvalue weighted by molar-refractivity contribution is 5.89. The van der Waals surface area contributed by atoms with E-state index in [-0.39, 0.29) is 12.5 Å². The van der Waals surface area contributed by atoms with Crippen molar-refractivity contribution in [1.82, 2.24) is 15.5 Å². The highest BCUT2D eigenvalue weighted by atomic mass is 16.5. The first-order chi connectivity index (χ1) is 16.5. The largest absolute Gasteiger partial charge is 0.481 e. The van der Waals surface area contributed by atoms with Crippen LogP contribution in [0.4, 0.5) is 4.79 Å². The van der Waals surface area contributed by atoms with Crippen molar-refractivity contribution in [2.75, 3.05) is 32.8 Å². The van der Waals surface area contributed by atoms with Crippen molar-refractivity contribution < 1.29 is 24.2 Å². The van der Waals surface area contributed by atoms with Gasteiger partial charge in [-0.3, -0.25) is 9.59 Å². The molecule has 0 bridgehead atoms. The molecule has 2 aromatic carbocycles. The molecule has 0 saturated carbocycles. The molecule has 1 atom stereocenters. The van der Waals surface area contributed by atoms with Gasteiger partial charge in [0.25, 0.3) is 0 Å². The molecular weight excluding hydrogens is 434 g/mol. The maximum atomic E-state index is 12.6. The number of ether oxygens (including phenoxy) is 1. The lowest BCUT2D eigenvalue weighted by Crippen LogP contribution is -2.49. The molecule has 8 nitrogen and oxygen atoms in total. The lowest BCUT2D eigenvalue weighted by atomic mass is 9.98. The van der Waals surface area contributed by atoms with Gasteiger partial charge in [-0.15, -0.1) is 0 Å². The molecule has 34 heavy (non-hydrogen) atoms. The molecule has 4 rings (SSSR count). The molecule has 1 unspecified atom stereocenters. The number of hydrogen-bond donors (Lipinski definition) is 3. The summed E-state index contributed by atoms with van der Waals surface area (Å²) in [6.07, 6.45) is 2.21. The molecule has 1 fully saturated rings. The average Bonchev–Trinajstić information content (AvgIpc) is 3.16. The Balaban J connectivity index is 1.32. The van der Waals surface area contributed by atoms with E-state index in [1.54, 1.807) is 0 Å². The van der Waals surface area contributed by atoms with E-state index in [2.05, 4.69) is 15.5 Å². The number of carboxylic acids is 1. The molecule has 1 saturated heterocycles. The molecule has 1 aliphatic carbocycles. The topological polar surface area (TPSA) is 108 Å². The van der Waals surface area contributed by atoms with Crippen LogP contribution >= 0.6 is 0 Å². The zero-order valence-electron chi connectivity index (χ0n) is 19.2. The zero-order valence-corrected chi connectivity index (χ0v) is 19.2. The van der Waals surface area contributed by atoms with E-state index in [1.807, 2.05) is 48.5 Å². The molecule has 1 heterocycles. The van der Waals surface area contributed by atoms with Crippen molar-refractivity contribution in [3.63, 3.8) is 0 Å². The number of piperidine rings is 1. The Morgan fingerprint density at radius 1 is 0.971 bits per heavy atom. The normalized spacial score (nSPS) is 16.2. The Bertz CT molecular complexity index is 989. The molecule has 0 radical (unpaired) electrons. The zero-order chi connectivity index (χ0) is 23.9. The van der Waals surface area contributed by atoms with Crippen LogP contribution in [0.5, 0.6) is 0 Å². The third kappa shape index (κ3) is 5.75. The summed E-state index contributed by atoms with van der Waals surface area (Å²) in [6, 6.07) is 14.8. The number of fused-ring (bicyclic) bond motifs is 3. The van der Waals surface area contributed by atoms with Gasteiger partial charge in [-0.1, -0.05) is 55.0 Å². The van der Waals surface area contributed by atoms with Gasteiger partial charge in [-0.05, 0) is 48.2 Å². The van der Waals surface area contributed by atoms with Crippen molar-refractivity contribution in [3.05, 3.63) is 59.7 Å². The van der Waals surface area contributed by atoms with Gasteiger partial charge < -0.3 is 25.4 Å². The molecule has 2 aliphatic rings. The number of carbonyl (C=O) groups excluding carboxylic acids is 2. The number of carboxylic acid groups (broad SMARTS) is 1. The Kier molecular flexibility index (Phi) is 7.80. The Hall–Kier alpha value is -3.39. The highest BCUT2D eigenvalue weighted by Gasteiger charge is 2.30. The second kappa shape index (κ2) is 11.2. The monoisotopic (exact) mass is 465 g/mol. The quantitative estimate of drug-likeness (QED) is 0.526. The summed E-state index contributed by atoms with van der Waals surface area (Å²) in [6.45, 7) is 3.22. The number of nitrogens with zero attached hydrogens (tertiary/aromatic N) is 1. The second-order valence-electron chi connectivity index (χ2n) is 8.81. The van der Waals surface area contributed by atoms with Gasteiger partial charge in [0.1, 0.15) is 12.6 Å². The molecule has 1 aliphatic heterocycles. The van der Waals surface area contributed by atoms with Crippen molar-refractivity contribution in [1.29, 1.82) is 0 Å². The minimum Gasteiger partial charge on any atom is -0.481 e. The molecule has 2 amide bonds. The van der Waals surface area contributed by atoms with E-state index in [4.69, 9.17) is 4.74 Å². The minimum atomic E-state index is -1.20. The van der Waals surface area contributed by atoms with Crippen LogP contribution in [0.3, 0.4) is 0 Å². The van der Waals surface area contributed by atoms with E-state index in [9.17, 15) is 19.5 Å². The van der Waals surface area contributed by atoms with Crippen LogP contribution in [0.25, 0.3) is 11.1 Å². The van der Waals surface area contributed by atoms with Crippen LogP contribution in [0.2, 0.25) is 0 Å². The SMILES string of the molecule is O=C(O)CC(NC(=O)OCC1c2ccccc2-c2ccccc21)C(=O)NCCN1CCCCC1. The summed E-state index contributed by atoms with van der Waals surface area (Å²) < 4.78 is 5.47. The Morgan fingerprint density at radius 3 is 2.21 bits per heavy atom. The van der Waals surface area contributed by atoms with Gasteiger partial charge in [0, 0.05) is 19.0 Å². The van der Waals surface area contributed by atoms with Crippen LogP contribution in [0.1, 0.15) is 42.7 Å². The minimum absolute atomic E-state index is 0.0935. The second-order valence-corrected chi connectivity index (χ2v) is 8.81. The van der Waals surface area contributed by atoms with Crippen LogP contribution < -0.4 is 10.6 Å². The molecule has 3 N–H and O–H groups in total. The fraction of sp³-hybridized carbons (Fsp3) is 0.423. The van der Waals surface area contributed by atoms with Gasteiger partial charge in [0.15, 0.2) is 0 Å². The van der Waals surface area contributed by atoms with Crippen molar-refractivity contribution in [3.8, 4) is 11.1 Å².